The van der Waals surface area contributed by atoms with Gasteiger partial charge in [-0.15, -0.1) is 24.8 Å². The van der Waals surface area contributed by atoms with Gasteiger partial charge in [0.1, 0.15) is 10.7 Å². The van der Waals surface area contributed by atoms with Crippen molar-refractivity contribution in [3.63, 3.8) is 0 Å². The van der Waals surface area contributed by atoms with E-state index in [4.69, 9.17) is 4.74 Å². The van der Waals surface area contributed by atoms with Crippen molar-refractivity contribution in [2.45, 2.75) is 56.5 Å². The molecule has 32 heavy (non-hydrogen) atoms. The van der Waals surface area contributed by atoms with E-state index in [2.05, 4.69) is 34.3 Å². The summed E-state index contributed by atoms with van der Waals surface area (Å²) in [5.74, 6) is 0.560. The molecule has 1 aromatic carbocycles. The molecule has 1 aliphatic rings. The lowest BCUT2D eigenvalue weighted by molar-refractivity contribution is 0.0741. The van der Waals surface area contributed by atoms with Crippen molar-refractivity contribution in [3.8, 4) is 0 Å². The third kappa shape index (κ3) is 7.37. The maximum Gasteiger partial charge on any atom is 0.246 e. The molecule has 180 valence electrons. The standard InChI is InChI=1S/C22H32N4O3S.2ClH/c1-3-8-19(14-18-9-6-5-7-10-18)26(12-4-2)30(27,28)20-15-24-22(25-16-20)21-17-29-13-11-23-21;;/h5-7,9-10,15-16,19,21,23H,3-4,8,11-14,17H2,1-2H3;2*1H. The Hall–Kier alpha value is -1.29. The normalized spacial score (nSPS) is 17.3. The molecule has 10 heteroatoms. The Morgan fingerprint density at radius 2 is 1.81 bits per heavy atom. The van der Waals surface area contributed by atoms with Crippen molar-refractivity contribution < 1.29 is 13.2 Å². The second kappa shape index (κ2) is 14.1. The van der Waals surface area contributed by atoms with Gasteiger partial charge in [0, 0.05) is 19.1 Å². The van der Waals surface area contributed by atoms with Crippen LogP contribution < -0.4 is 5.32 Å². The van der Waals surface area contributed by atoms with E-state index in [1.165, 1.54) is 12.4 Å². The van der Waals surface area contributed by atoms with Crippen LogP contribution in [-0.4, -0.2) is 55.0 Å². The summed E-state index contributed by atoms with van der Waals surface area (Å²) in [5.41, 5.74) is 1.14. The molecule has 0 bridgehead atoms. The quantitative estimate of drug-likeness (QED) is 0.529. The smallest absolute Gasteiger partial charge is 0.246 e. The molecule has 2 unspecified atom stereocenters. The van der Waals surface area contributed by atoms with Crippen molar-refractivity contribution in [1.82, 2.24) is 19.6 Å². The van der Waals surface area contributed by atoms with E-state index in [0.29, 0.717) is 32.0 Å². The van der Waals surface area contributed by atoms with Gasteiger partial charge in [-0.25, -0.2) is 18.4 Å². The van der Waals surface area contributed by atoms with Gasteiger partial charge in [-0.3, -0.25) is 0 Å². The van der Waals surface area contributed by atoms with Crippen LogP contribution in [0.3, 0.4) is 0 Å². The van der Waals surface area contributed by atoms with E-state index in [-0.39, 0.29) is 41.8 Å². The van der Waals surface area contributed by atoms with Crippen LogP contribution >= 0.6 is 24.8 Å². The number of rotatable bonds is 10. The van der Waals surface area contributed by atoms with Gasteiger partial charge in [0.15, 0.2) is 0 Å². The second-order valence-electron chi connectivity index (χ2n) is 7.61. The number of nitrogens with zero attached hydrogens (tertiary/aromatic N) is 3. The first-order valence-electron chi connectivity index (χ1n) is 10.7. The number of nitrogens with one attached hydrogen (secondary N) is 1. The zero-order valence-electron chi connectivity index (χ0n) is 18.6. The second-order valence-corrected chi connectivity index (χ2v) is 9.50. The van der Waals surface area contributed by atoms with Gasteiger partial charge in [-0.2, -0.15) is 4.31 Å². The van der Waals surface area contributed by atoms with E-state index in [1.54, 1.807) is 4.31 Å². The largest absolute Gasteiger partial charge is 0.378 e. The summed E-state index contributed by atoms with van der Waals surface area (Å²) in [4.78, 5) is 8.83. The van der Waals surface area contributed by atoms with E-state index >= 15 is 0 Å². The molecule has 0 aliphatic carbocycles. The van der Waals surface area contributed by atoms with Gasteiger partial charge >= 0.3 is 0 Å². The predicted octanol–water partition coefficient (Wildman–Crippen LogP) is 3.79. The molecule has 2 heterocycles. The van der Waals surface area contributed by atoms with Crippen LogP contribution in [0.15, 0.2) is 47.6 Å². The van der Waals surface area contributed by atoms with Crippen LogP contribution in [0.5, 0.6) is 0 Å². The van der Waals surface area contributed by atoms with Crippen LogP contribution in [0.2, 0.25) is 0 Å². The molecule has 0 saturated carbocycles. The summed E-state index contributed by atoms with van der Waals surface area (Å²) < 4.78 is 34.1. The van der Waals surface area contributed by atoms with Crippen LogP contribution in [0.25, 0.3) is 0 Å². The van der Waals surface area contributed by atoms with Gasteiger partial charge in [0.05, 0.1) is 31.6 Å². The predicted molar refractivity (Wildman–Crippen MR) is 131 cm³/mol. The van der Waals surface area contributed by atoms with Crippen molar-refractivity contribution in [3.05, 3.63) is 54.1 Å². The fourth-order valence-corrected chi connectivity index (χ4v) is 5.43. The van der Waals surface area contributed by atoms with Gasteiger partial charge in [-0.1, -0.05) is 50.6 Å². The molecule has 7 nitrogen and oxygen atoms in total. The highest BCUT2D eigenvalue weighted by molar-refractivity contribution is 7.89. The molecule has 1 N–H and O–H groups in total. The van der Waals surface area contributed by atoms with E-state index in [1.807, 2.05) is 25.1 Å². The average molecular weight is 506 g/mol. The topological polar surface area (TPSA) is 84.4 Å². The maximum atomic E-state index is 13.5. The summed E-state index contributed by atoms with van der Waals surface area (Å²) in [7, 11) is -3.70. The summed E-state index contributed by atoms with van der Waals surface area (Å²) in [6, 6.07) is 9.86. The van der Waals surface area contributed by atoms with E-state index < -0.39 is 10.0 Å². The molecule has 1 aromatic heterocycles. The Labute approximate surface area is 204 Å². The molecule has 0 radical (unpaired) electrons. The molecule has 1 fully saturated rings. The molecule has 1 saturated heterocycles. The van der Waals surface area contributed by atoms with E-state index in [9.17, 15) is 8.42 Å². The molecule has 1 aliphatic heterocycles. The minimum atomic E-state index is -3.70. The number of ether oxygens (including phenoxy) is 1. The van der Waals surface area contributed by atoms with E-state index in [0.717, 1.165) is 31.4 Å². The van der Waals surface area contributed by atoms with Crippen LogP contribution in [0.1, 0.15) is 50.5 Å². The zero-order chi connectivity index (χ0) is 21.4. The fourth-order valence-electron chi connectivity index (χ4n) is 3.79. The summed E-state index contributed by atoms with van der Waals surface area (Å²) in [6.07, 6.45) is 6.02. The third-order valence-electron chi connectivity index (χ3n) is 5.28. The Kier molecular flexibility index (Phi) is 12.6. The van der Waals surface area contributed by atoms with Crippen LogP contribution in [-0.2, 0) is 21.2 Å². The first kappa shape index (κ1) is 28.7. The van der Waals surface area contributed by atoms with Gasteiger partial charge in [0.25, 0.3) is 0 Å². The minimum absolute atomic E-state index is 0. The lowest BCUT2D eigenvalue weighted by Gasteiger charge is -2.31. The van der Waals surface area contributed by atoms with Crippen molar-refractivity contribution in [2.75, 3.05) is 26.3 Å². The summed E-state index contributed by atoms with van der Waals surface area (Å²) in [6.45, 7) is 6.45. The van der Waals surface area contributed by atoms with Crippen molar-refractivity contribution >= 4 is 34.8 Å². The highest BCUT2D eigenvalue weighted by Gasteiger charge is 2.31. The van der Waals surface area contributed by atoms with Gasteiger partial charge in [0.2, 0.25) is 10.0 Å². The SMILES string of the molecule is CCCC(Cc1ccccc1)N(CCC)S(=O)(=O)c1cnc(C2COCCN2)nc1.Cl.Cl. The summed E-state index contributed by atoms with van der Waals surface area (Å²) in [5, 5.41) is 3.29. The highest BCUT2D eigenvalue weighted by Crippen LogP contribution is 2.23. The van der Waals surface area contributed by atoms with Gasteiger partial charge in [-0.05, 0) is 24.8 Å². The molecule has 2 aromatic rings. The van der Waals surface area contributed by atoms with Gasteiger partial charge < -0.3 is 10.1 Å². The van der Waals surface area contributed by atoms with Crippen molar-refractivity contribution in [1.29, 1.82) is 0 Å². The Morgan fingerprint density at radius 3 is 2.38 bits per heavy atom. The number of sulfonamides is 1. The monoisotopic (exact) mass is 504 g/mol. The average Bonchev–Trinajstić information content (AvgIpc) is 2.78. The van der Waals surface area contributed by atoms with Crippen LogP contribution in [0.4, 0.5) is 0 Å². The number of benzene rings is 1. The highest BCUT2D eigenvalue weighted by atomic mass is 35.5. The number of aromatic nitrogens is 2. The third-order valence-corrected chi connectivity index (χ3v) is 7.18. The lowest BCUT2D eigenvalue weighted by atomic mass is 10.0. The number of morpholine rings is 1. The van der Waals surface area contributed by atoms with Crippen molar-refractivity contribution in [2.24, 2.45) is 0 Å². The summed E-state index contributed by atoms with van der Waals surface area (Å²) >= 11 is 0. The Balaban J connectivity index is 0.00000256. The molecule has 0 spiro atoms. The first-order chi connectivity index (χ1) is 14.6. The first-order valence-corrected chi connectivity index (χ1v) is 12.2. The Bertz CT molecular complexity index is 880. The molecule has 0 amide bonds. The van der Waals surface area contributed by atoms with Crippen LogP contribution in [0, 0.1) is 0 Å². The Morgan fingerprint density at radius 1 is 1.12 bits per heavy atom. The zero-order valence-corrected chi connectivity index (χ0v) is 21.1. The number of hydrogen-bond acceptors (Lipinski definition) is 6. The molecular formula is C22H34Cl2N4O3S. The molecule has 3 rings (SSSR count). The minimum Gasteiger partial charge on any atom is -0.378 e. The molecular weight excluding hydrogens is 471 g/mol. The molecule has 2 atom stereocenters. The lowest BCUT2D eigenvalue weighted by Crippen LogP contribution is -2.42. The number of hydrogen-bond donors (Lipinski definition) is 1. The maximum absolute atomic E-state index is 13.5. The number of halogens is 2. The fraction of sp³-hybridized carbons (Fsp3) is 0.545.